The third-order valence-corrected chi connectivity index (χ3v) is 3.96. The molecule has 1 aliphatic rings. The Morgan fingerprint density at radius 1 is 1.35 bits per heavy atom. The SMILES string of the molecule is COc1ccc([C@H](C#N)NC(=O)CC2=CCCCC2)c(OC)c1. The number of carbonyl (C=O) groups excluding carboxylic acids is 1. The second kappa shape index (κ2) is 8.23. The first-order chi connectivity index (χ1) is 11.2. The highest BCUT2D eigenvalue weighted by Gasteiger charge is 2.19. The van der Waals surface area contributed by atoms with Gasteiger partial charge in [0.25, 0.3) is 0 Å². The van der Waals surface area contributed by atoms with Gasteiger partial charge in [0.05, 0.1) is 20.3 Å². The zero-order chi connectivity index (χ0) is 16.7. The molecule has 0 fully saturated rings. The summed E-state index contributed by atoms with van der Waals surface area (Å²) in [5, 5.41) is 12.2. The normalized spacial score (nSPS) is 15.1. The van der Waals surface area contributed by atoms with Crippen molar-refractivity contribution in [1.29, 1.82) is 5.26 Å². The molecule has 1 amide bonds. The molecule has 1 aromatic carbocycles. The van der Waals surface area contributed by atoms with Gasteiger partial charge in [-0.3, -0.25) is 4.79 Å². The zero-order valence-electron chi connectivity index (χ0n) is 13.6. The Labute approximate surface area is 136 Å². The summed E-state index contributed by atoms with van der Waals surface area (Å²) >= 11 is 0. The first kappa shape index (κ1) is 16.9. The van der Waals surface area contributed by atoms with Gasteiger partial charge >= 0.3 is 0 Å². The van der Waals surface area contributed by atoms with E-state index in [0.717, 1.165) is 24.8 Å². The Kier molecular flexibility index (Phi) is 6.04. The molecule has 0 heterocycles. The first-order valence-corrected chi connectivity index (χ1v) is 7.76. The Balaban J connectivity index is 2.09. The molecule has 1 aliphatic carbocycles. The molecule has 2 rings (SSSR count). The molecule has 5 heteroatoms. The van der Waals surface area contributed by atoms with Gasteiger partial charge in [0.1, 0.15) is 17.5 Å². The summed E-state index contributed by atoms with van der Waals surface area (Å²) in [6, 6.07) is 6.58. The summed E-state index contributed by atoms with van der Waals surface area (Å²) < 4.78 is 10.5. The number of nitrogens with zero attached hydrogens (tertiary/aromatic N) is 1. The van der Waals surface area contributed by atoms with Crippen LogP contribution in [0.2, 0.25) is 0 Å². The molecule has 122 valence electrons. The van der Waals surface area contributed by atoms with Crippen LogP contribution in [0.25, 0.3) is 0 Å². The van der Waals surface area contributed by atoms with Gasteiger partial charge in [-0.15, -0.1) is 0 Å². The number of ether oxygens (including phenoxy) is 2. The molecule has 0 saturated carbocycles. The van der Waals surface area contributed by atoms with Crippen LogP contribution in [0.1, 0.15) is 43.7 Å². The van der Waals surface area contributed by atoms with Crippen molar-refractivity contribution in [1.82, 2.24) is 5.32 Å². The number of carbonyl (C=O) groups is 1. The van der Waals surface area contributed by atoms with Gasteiger partial charge in [0.15, 0.2) is 0 Å². The summed E-state index contributed by atoms with van der Waals surface area (Å²) in [5.74, 6) is 1.02. The molecule has 1 aromatic rings. The number of methoxy groups -OCH3 is 2. The molecular weight excluding hydrogens is 292 g/mol. The molecule has 0 spiro atoms. The minimum Gasteiger partial charge on any atom is -0.497 e. The maximum Gasteiger partial charge on any atom is 0.225 e. The van der Waals surface area contributed by atoms with Gasteiger partial charge in [-0.1, -0.05) is 11.6 Å². The lowest BCUT2D eigenvalue weighted by atomic mass is 9.97. The average Bonchev–Trinajstić information content (AvgIpc) is 2.60. The summed E-state index contributed by atoms with van der Waals surface area (Å²) in [6.45, 7) is 0. The van der Waals surface area contributed by atoms with Crippen molar-refractivity contribution in [3.63, 3.8) is 0 Å². The highest BCUT2D eigenvalue weighted by molar-refractivity contribution is 5.79. The van der Waals surface area contributed by atoms with E-state index in [4.69, 9.17) is 9.47 Å². The fourth-order valence-corrected chi connectivity index (χ4v) is 2.72. The number of hydrogen-bond donors (Lipinski definition) is 1. The molecule has 0 aliphatic heterocycles. The number of benzene rings is 1. The summed E-state index contributed by atoms with van der Waals surface area (Å²) in [6.07, 6.45) is 6.82. The van der Waals surface area contributed by atoms with Crippen LogP contribution in [0.15, 0.2) is 29.8 Å². The van der Waals surface area contributed by atoms with Crippen LogP contribution in [0.5, 0.6) is 11.5 Å². The van der Waals surface area contributed by atoms with E-state index in [0.29, 0.717) is 23.5 Å². The van der Waals surface area contributed by atoms with Crippen molar-refractivity contribution in [2.24, 2.45) is 0 Å². The quantitative estimate of drug-likeness (QED) is 0.818. The first-order valence-electron chi connectivity index (χ1n) is 7.76. The van der Waals surface area contributed by atoms with Crippen LogP contribution in [0.4, 0.5) is 0 Å². The minimum absolute atomic E-state index is 0.137. The average molecular weight is 314 g/mol. The maximum atomic E-state index is 12.2. The number of nitrogens with one attached hydrogen (secondary N) is 1. The van der Waals surface area contributed by atoms with E-state index in [1.54, 1.807) is 25.3 Å². The highest BCUT2D eigenvalue weighted by Crippen LogP contribution is 2.29. The second-order valence-corrected chi connectivity index (χ2v) is 5.52. The van der Waals surface area contributed by atoms with E-state index in [2.05, 4.69) is 17.5 Å². The lowest BCUT2D eigenvalue weighted by Crippen LogP contribution is -2.28. The Morgan fingerprint density at radius 2 is 2.17 bits per heavy atom. The number of nitriles is 1. The van der Waals surface area contributed by atoms with Crippen LogP contribution in [0, 0.1) is 11.3 Å². The van der Waals surface area contributed by atoms with Gasteiger partial charge in [0.2, 0.25) is 5.91 Å². The van der Waals surface area contributed by atoms with Crippen LogP contribution in [-0.4, -0.2) is 20.1 Å². The fourth-order valence-electron chi connectivity index (χ4n) is 2.72. The molecular formula is C18H22N2O3. The lowest BCUT2D eigenvalue weighted by Gasteiger charge is -2.17. The van der Waals surface area contributed by atoms with E-state index in [1.165, 1.54) is 13.5 Å². The topological polar surface area (TPSA) is 71.3 Å². The fraction of sp³-hybridized carbons (Fsp3) is 0.444. The third kappa shape index (κ3) is 4.49. The molecule has 0 bridgehead atoms. The number of amides is 1. The second-order valence-electron chi connectivity index (χ2n) is 5.52. The smallest absolute Gasteiger partial charge is 0.225 e. The van der Waals surface area contributed by atoms with Gasteiger partial charge in [0, 0.05) is 18.1 Å². The largest absolute Gasteiger partial charge is 0.497 e. The number of allylic oxidation sites excluding steroid dienone is 1. The van der Waals surface area contributed by atoms with Crippen molar-refractivity contribution >= 4 is 5.91 Å². The van der Waals surface area contributed by atoms with Crippen molar-refractivity contribution in [2.45, 2.75) is 38.1 Å². The third-order valence-electron chi connectivity index (χ3n) is 3.96. The maximum absolute atomic E-state index is 12.2. The molecule has 1 N–H and O–H groups in total. The minimum atomic E-state index is -0.743. The van der Waals surface area contributed by atoms with Crippen LogP contribution >= 0.6 is 0 Å². The molecule has 5 nitrogen and oxygen atoms in total. The Morgan fingerprint density at radius 3 is 2.78 bits per heavy atom. The molecule has 23 heavy (non-hydrogen) atoms. The molecule has 0 aromatic heterocycles. The summed E-state index contributed by atoms with van der Waals surface area (Å²) in [7, 11) is 3.09. The number of hydrogen-bond acceptors (Lipinski definition) is 4. The monoisotopic (exact) mass is 314 g/mol. The number of rotatable bonds is 6. The van der Waals surface area contributed by atoms with Crippen LogP contribution < -0.4 is 14.8 Å². The highest BCUT2D eigenvalue weighted by atomic mass is 16.5. The molecule has 0 unspecified atom stereocenters. The van der Waals surface area contributed by atoms with Gasteiger partial charge < -0.3 is 14.8 Å². The predicted octanol–water partition coefficient (Wildman–Crippen LogP) is 3.28. The van der Waals surface area contributed by atoms with E-state index in [1.807, 2.05) is 0 Å². The predicted molar refractivity (Wildman–Crippen MR) is 87.2 cm³/mol. The zero-order valence-corrected chi connectivity index (χ0v) is 13.6. The Bertz CT molecular complexity index is 632. The van der Waals surface area contributed by atoms with Crippen molar-refractivity contribution < 1.29 is 14.3 Å². The van der Waals surface area contributed by atoms with E-state index in [9.17, 15) is 10.1 Å². The van der Waals surface area contributed by atoms with E-state index < -0.39 is 6.04 Å². The van der Waals surface area contributed by atoms with Crippen molar-refractivity contribution in [3.05, 3.63) is 35.4 Å². The summed E-state index contributed by atoms with van der Waals surface area (Å²) in [4.78, 5) is 12.2. The molecule has 1 atom stereocenters. The molecule has 0 saturated heterocycles. The van der Waals surface area contributed by atoms with Crippen molar-refractivity contribution in [3.8, 4) is 17.6 Å². The van der Waals surface area contributed by atoms with Crippen LogP contribution in [0.3, 0.4) is 0 Å². The van der Waals surface area contributed by atoms with Crippen molar-refractivity contribution in [2.75, 3.05) is 14.2 Å². The van der Waals surface area contributed by atoms with Gasteiger partial charge in [-0.25, -0.2) is 0 Å². The lowest BCUT2D eigenvalue weighted by molar-refractivity contribution is -0.120. The standard InChI is InChI=1S/C18H22N2O3/c1-22-14-8-9-15(17(11-14)23-2)16(12-19)20-18(21)10-13-6-4-3-5-7-13/h6,8-9,11,16H,3-5,7,10H2,1-2H3,(H,20,21)/t16-/m0/s1. The van der Waals surface area contributed by atoms with E-state index in [-0.39, 0.29) is 5.91 Å². The molecule has 0 radical (unpaired) electrons. The summed E-state index contributed by atoms with van der Waals surface area (Å²) in [5.41, 5.74) is 1.79. The van der Waals surface area contributed by atoms with Gasteiger partial charge in [-0.2, -0.15) is 5.26 Å². The van der Waals surface area contributed by atoms with Crippen LogP contribution in [-0.2, 0) is 4.79 Å². The van der Waals surface area contributed by atoms with Gasteiger partial charge in [-0.05, 0) is 37.8 Å². The van der Waals surface area contributed by atoms with E-state index >= 15 is 0 Å². The Hall–Kier alpha value is -2.48.